The van der Waals surface area contributed by atoms with E-state index in [1.807, 2.05) is 48.5 Å². The van der Waals surface area contributed by atoms with Gasteiger partial charge in [0.1, 0.15) is 11.6 Å². The average Bonchev–Trinajstić information content (AvgIpc) is 2.95. The third kappa shape index (κ3) is 2.97. The fourth-order valence-corrected chi connectivity index (χ4v) is 3.86. The van der Waals surface area contributed by atoms with Crippen LogP contribution in [0.15, 0.2) is 59.8 Å². The SMILES string of the molecule is Nc1cc(N)nc(SCCC(=O)n2c3ccccc3c3ccccc32)n1. The maximum Gasteiger partial charge on any atom is 0.232 e. The summed E-state index contributed by atoms with van der Waals surface area (Å²) in [6.07, 6.45) is 0.353. The maximum absolute atomic E-state index is 12.9. The van der Waals surface area contributed by atoms with Gasteiger partial charge < -0.3 is 11.5 Å². The highest BCUT2D eigenvalue weighted by atomic mass is 32.2. The van der Waals surface area contributed by atoms with Crippen LogP contribution in [0.25, 0.3) is 21.8 Å². The molecule has 0 saturated heterocycles. The lowest BCUT2D eigenvalue weighted by Crippen LogP contribution is -2.11. The molecule has 26 heavy (non-hydrogen) atoms. The van der Waals surface area contributed by atoms with Gasteiger partial charge in [0.05, 0.1) is 11.0 Å². The lowest BCUT2D eigenvalue weighted by molar-refractivity contribution is 0.0920. The molecule has 4 rings (SSSR count). The van der Waals surface area contributed by atoms with Gasteiger partial charge in [-0.15, -0.1) is 0 Å². The number of aromatic nitrogens is 3. The highest BCUT2D eigenvalue weighted by Crippen LogP contribution is 2.29. The number of nitrogens with two attached hydrogens (primary N) is 2. The van der Waals surface area contributed by atoms with Gasteiger partial charge in [0.15, 0.2) is 5.16 Å². The number of nitrogens with zero attached hydrogens (tertiary/aromatic N) is 3. The summed E-state index contributed by atoms with van der Waals surface area (Å²) in [7, 11) is 0. The molecule has 0 aliphatic carbocycles. The van der Waals surface area contributed by atoms with Gasteiger partial charge >= 0.3 is 0 Å². The predicted octanol–water partition coefficient (Wildman–Crippen LogP) is 3.57. The van der Waals surface area contributed by atoms with Crippen molar-refractivity contribution in [3.8, 4) is 0 Å². The lowest BCUT2D eigenvalue weighted by Gasteiger charge is -2.06. The molecular weight excluding hydrogens is 346 g/mol. The molecule has 130 valence electrons. The quantitative estimate of drug-likeness (QED) is 0.425. The summed E-state index contributed by atoms with van der Waals surface area (Å²) < 4.78 is 1.79. The molecule has 0 radical (unpaired) electrons. The summed E-state index contributed by atoms with van der Waals surface area (Å²) in [5.74, 6) is 1.23. The Bertz CT molecular complexity index is 1050. The molecule has 0 aliphatic heterocycles. The third-order valence-corrected chi connectivity index (χ3v) is 4.97. The molecule has 0 saturated carbocycles. The van der Waals surface area contributed by atoms with Gasteiger partial charge in [-0.05, 0) is 12.1 Å². The van der Waals surface area contributed by atoms with E-state index in [0.717, 1.165) is 21.8 Å². The largest absolute Gasteiger partial charge is 0.383 e. The van der Waals surface area contributed by atoms with E-state index in [9.17, 15) is 4.79 Å². The zero-order valence-electron chi connectivity index (χ0n) is 13.9. The normalized spacial score (nSPS) is 11.2. The van der Waals surface area contributed by atoms with E-state index in [4.69, 9.17) is 11.5 Å². The monoisotopic (exact) mass is 363 g/mol. The summed E-state index contributed by atoms with van der Waals surface area (Å²) in [5.41, 5.74) is 13.2. The highest BCUT2D eigenvalue weighted by Gasteiger charge is 2.15. The smallest absolute Gasteiger partial charge is 0.232 e. The summed E-state index contributed by atoms with van der Waals surface area (Å²) in [6.45, 7) is 0. The molecule has 0 bridgehead atoms. The van der Waals surface area contributed by atoms with Crippen molar-refractivity contribution in [1.82, 2.24) is 14.5 Å². The van der Waals surface area contributed by atoms with Gasteiger partial charge in [-0.25, -0.2) is 9.97 Å². The van der Waals surface area contributed by atoms with Crippen molar-refractivity contribution < 1.29 is 4.79 Å². The second-order valence-electron chi connectivity index (χ2n) is 5.86. The van der Waals surface area contributed by atoms with E-state index in [2.05, 4.69) is 9.97 Å². The number of rotatable bonds is 4. The second-order valence-corrected chi connectivity index (χ2v) is 6.92. The van der Waals surface area contributed by atoms with Crippen molar-refractivity contribution >= 4 is 51.1 Å². The number of carbonyl (C=O) groups is 1. The molecule has 2 aromatic heterocycles. The van der Waals surface area contributed by atoms with Crippen molar-refractivity contribution in [3.05, 3.63) is 54.6 Å². The predicted molar refractivity (Wildman–Crippen MR) is 106 cm³/mol. The Hall–Kier alpha value is -3.06. The summed E-state index contributed by atoms with van der Waals surface area (Å²) in [5, 5.41) is 2.64. The third-order valence-electron chi connectivity index (χ3n) is 4.12. The van der Waals surface area contributed by atoms with E-state index < -0.39 is 0 Å². The van der Waals surface area contributed by atoms with Crippen LogP contribution in [0.3, 0.4) is 0 Å². The molecule has 0 atom stereocenters. The van der Waals surface area contributed by atoms with Crippen LogP contribution in [-0.2, 0) is 0 Å². The van der Waals surface area contributed by atoms with Crippen LogP contribution < -0.4 is 11.5 Å². The molecule has 0 amide bonds. The standard InChI is InChI=1S/C19H17N5OS/c20-16-11-17(21)23-19(22-16)26-10-9-18(25)24-14-7-3-1-5-12(14)13-6-2-4-8-15(13)24/h1-8,11H,9-10H2,(H4,20,21,22,23). The summed E-state index contributed by atoms with van der Waals surface area (Å²) in [4.78, 5) is 21.2. The number of benzene rings is 2. The first-order valence-corrected chi connectivity index (χ1v) is 9.16. The molecule has 0 unspecified atom stereocenters. The van der Waals surface area contributed by atoms with E-state index in [0.29, 0.717) is 29.0 Å². The Morgan fingerprint density at radius 1 is 0.923 bits per heavy atom. The fraction of sp³-hybridized carbons (Fsp3) is 0.105. The van der Waals surface area contributed by atoms with E-state index in [-0.39, 0.29) is 5.91 Å². The molecule has 0 aliphatic rings. The first-order chi connectivity index (χ1) is 12.6. The van der Waals surface area contributed by atoms with Gasteiger partial charge in [-0.3, -0.25) is 9.36 Å². The minimum absolute atomic E-state index is 0.0341. The van der Waals surface area contributed by atoms with Crippen LogP contribution in [0.2, 0.25) is 0 Å². The number of hydrogen-bond acceptors (Lipinski definition) is 6. The minimum Gasteiger partial charge on any atom is -0.383 e. The molecule has 4 N–H and O–H groups in total. The van der Waals surface area contributed by atoms with Gasteiger partial charge in [0.25, 0.3) is 0 Å². The molecule has 2 heterocycles. The van der Waals surface area contributed by atoms with Crippen LogP contribution in [0.1, 0.15) is 11.2 Å². The van der Waals surface area contributed by atoms with Crippen LogP contribution in [0, 0.1) is 0 Å². The van der Waals surface area contributed by atoms with Crippen molar-refractivity contribution in [2.45, 2.75) is 11.6 Å². The zero-order chi connectivity index (χ0) is 18.1. The van der Waals surface area contributed by atoms with E-state index >= 15 is 0 Å². The first-order valence-electron chi connectivity index (χ1n) is 8.18. The van der Waals surface area contributed by atoms with Gasteiger partial charge in [-0.2, -0.15) is 0 Å². The Balaban J connectivity index is 1.60. The average molecular weight is 363 g/mol. The Morgan fingerprint density at radius 2 is 1.46 bits per heavy atom. The molecule has 0 spiro atoms. The van der Waals surface area contributed by atoms with Crippen molar-refractivity contribution in [2.24, 2.45) is 0 Å². The van der Waals surface area contributed by atoms with E-state index in [1.165, 1.54) is 17.8 Å². The Labute approximate surface area is 154 Å². The number of thioether (sulfide) groups is 1. The topological polar surface area (TPSA) is 99.8 Å². The number of anilines is 2. The van der Waals surface area contributed by atoms with Crippen LogP contribution in [-0.4, -0.2) is 26.2 Å². The highest BCUT2D eigenvalue weighted by molar-refractivity contribution is 7.99. The van der Waals surface area contributed by atoms with Gasteiger partial charge in [0.2, 0.25) is 5.91 Å². The minimum atomic E-state index is 0.0341. The lowest BCUT2D eigenvalue weighted by atomic mass is 10.2. The van der Waals surface area contributed by atoms with Gasteiger partial charge in [-0.1, -0.05) is 48.2 Å². The van der Waals surface area contributed by atoms with Gasteiger partial charge in [0, 0.05) is 29.0 Å². The summed E-state index contributed by atoms with van der Waals surface area (Å²) in [6, 6.07) is 17.4. The Morgan fingerprint density at radius 3 is 2.04 bits per heavy atom. The molecule has 0 fully saturated rings. The van der Waals surface area contributed by atoms with Crippen molar-refractivity contribution in [3.63, 3.8) is 0 Å². The molecule has 6 nitrogen and oxygen atoms in total. The van der Waals surface area contributed by atoms with Crippen LogP contribution in [0.5, 0.6) is 0 Å². The van der Waals surface area contributed by atoms with Crippen molar-refractivity contribution in [2.75, 3.05) is 17.2 Å². The van der Waals surface area contributed by atoms with Crippen LogP contribution >= 0.6 is 11.8 Å². The summed E-state index contributed by atoms with van der Waals surface area (Å²) >= 11 is 1.37. The molecule has 4 aromatic rings. The van der Waals surface area contributed by atoms with E-state index in [1.54, 1.807) is 4.57 Å². The first kappa shape index (κ1) is 16.4. The molecule has 2 aromatic carbocycles. The number of fused-ring (bicyclic) bond motifs is 3. The molecular formula is C19H17N5OS. The maximum atomic E-state index is 12.9. The number of hydrogen-bond donors (Lipinski definition) is 2. The number of nitrogen functional groups attached to an aromatic ring is 2. The fourth-order valence-electron chi connectivity index (χ4n) is 3.06. The number of carbonyl (C=O) groups excluding carboxylic acids is 1. The molecule has 7 heteroatoms. The number of para-hydroxylation sites is 2. The second kappa shape index (κ2) is 6.68. The zero-order valence-corrected chi connectivity index (χ0v) is 14.7. The van der Waals surface area contributed by atoms with Crippen LogP contribution in [0.4, 0.5) is 11.6 Å². The van der Waals surface area contributed by atoms with Crippen molar-refractivity contribution in [1.29, 1.82) is 0 Å². The Kier molecular flexibility index (Phi) is 4.22.